The highest BCUT2D eigenvalue weighted by Crippen LogP contribution is 2.17. The van der Waals surface area contributed by atoms with Crippen LogP contribution in [0.5, 0.6) is 5.75 Å². The van der Waals surface area contributed by atoms with Crippen molar-refractivity contribution in [2.24, 2.45) is 0 Å². The number of pyridine rings is 1. The summed E-state index contributed by atoms with van der Waals surface area (Å²) < 4.78 is 31.8. The van der Waals surface area contributed by atoms with Crippen LogP contribution in [0.15, 0.2) is 60.8 Å². The zero-order valence-corrected chi connectivity index (χ0v) is 15.2. The molecule has 0 fully saturated rings. The molecule has 0 saturated heterocycles. The molecule has 0 bridgehead atoms. The van der Waals surface area contributed by atoms with Gasteiger partial charge in [0.1, 0.15) is 23.2 Å². The fraction of sp³-hybridized carbons (Fsp3) is 0.143. The third-order valence-corrected chi connectivity index (χ3v) is 4.08. The maximum atomic E-state index is 13.7. The maximum absolute atomic E-state index is 13.7. The Kier molecular flexibility index (Phi) is 6.16. The van der Waals surface area contributed by atoms with Gasteiger partial charge in [-0.15, -0.1) is 0 Å². The van der Waals surface area contributed by atoms with E-state index in [9.17, 15) is 13.6 Å². The summed E-state index contributed by atoms with van der Waals surface area (Å²) in [6.07, 6.45) is 2.26. The van der Waals surface area contributed by atoms with Gasteiger partial charge in [0.15, 0.2) is 0 Å². The Hall–Kier alpha value is -3.48. The number of carbonyl (C=O) groups is 1. The number of halogens is 2. The normalized spacial score (nSPS) is 10.4. The Labute approximate surface area is 161 Å². The summed E-state index contributed by atoms with van der Waals surface area (Å²) in [7, 11) is 1.62. The molecule has 0 unspecified atom stereocenters. The topological polar surface area (TPSA) is 63.2 Å². The minimum Gasteiger partial charge on any atom is -0.497 e. The van der Waals surface area contributed by atoms with Crippen LogP contribution in [0.4, 0.5) is 20.3 Å². The molecule has 0 atom stereocenters. The van der Waals surface area contributed by atoms with Crippen molar-refractivity contribution in [3.63, 3.8) is 0 Å². The molecule has 0 saturated carbocycles. The second-order valence-electron chi connectivity index (χ2n) is 6.03. The van der Waals surface area contributed by atoms with E-state index in [1.54, 1.807) is 13.2 Å². The Bertz CT molecular complexity index is 962. The summed E-state index contributed by atoms with van der Waals surface area (Å²) in [5, 5.41) is 5.58. The summed E-state index contributed by atoms with van der Waals surface area (Å²) in [5.41, 5.74) is 1.36. The highest BCUT2D eigenvalue weighted by Gasteiger charge is 2.11. The van der Waals surface area contributed by atoms with Gasteiger partial charge >= 0.3 is 0 Å². The third-order valence-electron chi connectivity index (χ3n) is 4.08. The summed E-state index contributed by atoms with van der Waals surface area (Å²) in [4.78, 5) is 16.5. The van der Waals surface area contributed by atoms with E-state index in [1.165, 1.54) is 18.3 Å². The average molecular weight is 383 g/mol. The molecule has 0 radical (unpaired) electrons. The number of ether oxygens (including phenoxy) is 1. The molecular weight excluding hydrogens is 364 g/mol. The molecule has 0 spiro atoms. The number of carbonyl (C=O) groups excluding carboxylic acids is 1. The maximum Gasteiger partial charge on any atom is 0.255 e. The molecule has 1 heterocycles. The van der Waals surface area contributed by atoms with Crippen LogP contribution < -0.4 is 15.4 Å². The van der Waals surface area contributed by atoms with Crippen molar-refractivity contribution in [3.8, 4) is 5.75 Å². The number of nitrogens with one attached hydrogen (secondary N) is 2. The fourth-order valence-corrected chi connectivity index (χ4v) is 2.58. The number of aromatic nitrogens is 1. The van der Waals surface area contributed by atoms with Gasteiger partial charge in [-0.1, -0.05) is 12.1 Å². The number of hydrogen-bond acceptors (Lipinski definition) is 4. The molecule has 3 rings (SSSR count). The zero-order valence-electron chi connectivity index (χ0n) is 15.2. The standard InChI is InChI=1S/C21H19F2N3O2/c1-28-17-5-2-14(3-6-17)8-10-24-20-12-15(9-11-25-20)21(27)26-19-7-4-16(22)13-18(19)23/h2-7,9,11-13H,8,10H2,1H3,(H,24,25)(H,26,27). The molecule has 2 N–H and O–H groups in total. The molecule has 0 aliphatic rings. The molecule has 5 nitrogen and oxygen atoms in total. The molecule has 28 heavy (non-hydrogen) atoms. The van der Waals surface area contributed by atoms with Crippen LogP contribution in [0, 0.1) is 11.6 Å². The first-order valence-electron chi connectivity index (χ1n) is 8.64. The lowest BCUT2D eigenvalue weighted by atomic mass is 10.1. The Morgan fingerprint density at radius 2 is 1.86 bits per heavy atom. The molecule has 0 aliphatic heterocycles. The van der Waals surface area contributed by atoms with Gasteiger partial charge in [0.2, 0.25) is 0 Å². The van der Waals surface area contributed by atoms with E-state index in [1.807, 2.05) is 24.3 Å². The molecule has 1 aromatic heterocycles. The smallest absolute Gasteiger partial charge is 0.255 e. The second-order valence-corrected chi connectivity index (χ2v) is 6.03. The quantitative estimate of drug-likeness (QED) is 0.639. The van der Waals surface area contributed by atoms with Gasteiger partial charge in [-0.3, -0.25) is 4.79 Å². The lowest BCUT2D eigenvalue weighted by Crippen LogP contribution is -2.14. The van der Waals surface area contributed by atoms with Crippen LogP contribution in [0.2, 0.25) is 0 Å². The minimum atomic E-state index is -0.833. The first kappa shape index (κ1) is 19.3. The molecule has 0 aliphatic carbocycles. The van der Waals surface area contributed by atoms with Gasteiger partial charge in [0, 0.05) is 24.4 Å². The van der Waals surface area contributed by atoms with Crippen molar-refractivity contribution in [3.05, 3.63) is 83.6 Å². The van der Waals surface area contributed by atoms with Gasteiger partial charge in [0.05, 0.1) is 12.8 Å². The van der Waals surface area contributed by atoms with E-state index in [0.29, 0.717) is 24.0 Å². The Morgan fingerprint density at radius 1 is 1.07 bits per heavy atom. The molecule has 144 valence electrons. The monoisotopic (exact) mass is 383 g/mol. The number of methoxy groups -OCH3 is 1. The van der Waals surface area contributed by atoms with E-state index in [0.717, 1.165) is 23.8 Å². The summed E-state index contributed by atoms with van der Waals surface area (Å²) in [5.74, 6) is -0.718. The average Bonchev–Trinajstić information content (AvgIpc) is 2.71. The molecule has 7 heteroatoms. The number of benzene rings is 2. The van der Waals surface area contributed by atoms with Gasteiger partial charge in [-0.2, -0.15) is 0 Å². The van der Waals surface area contributed by atoms with Gasteiger partial charge in [0.25, 0.3) is 5.91 Å². The summed E-state index contributed by atoms with van der Waals surface area (Å²) in [6.45, 7) is 0.622. The third kappa shape index (κ3) is 5.03. The first-order chi connectivity index (χ1) is 13.5. The van der Waals surface area contributed by atoms with Crippen LogP contribution in [-0.2, 0) is 6.42 Å². The minimum absolute atomic E-state index is 0.0859. The van der Waals surface area contributed by atoms with Gasteiger partial charge in [-0.25, -0.2) is 13.8 Å². The fourth-order valence-electron chi connectivity index (χ4n) is 2.58. The van der Waals surface area contributed by atoms with Crippen LogP contribution in [0.1, 0.15) is 15.9 Å². The van der Waals surface area contributed by atoms with E-state index in [-0.39, 0.29) is 5.69 Å². The van der Waals surface area contributed by atoms with Crippen LogP contribution in [0.3, 0.4) is 0 Å². The van der Waals surface area contributed by atoms with Crippen LogP contribution >= 0.6 is 0 Å². The number of hydrogen-bond donors (Lipinski definition) is 2. The van der Waals surface area contributed by atoms with Crippen LogP contribution in [0.25, 0.3) is 0 Å². The molecule has 1 amide bonds. The van der Waals surface area contributed by atoms with E-state index >= 15 is 0 Å². The number of anilines is 2. The predicted molar refractivity (Wildman–Crippen MR) is 104 cm³/mol. The highest BCUT2D eigenvalue weighted by molar-refractivity contribution is 6.04. The van der Waals surface area contributed by atoms with Crippen molar-refractivity contribution in [1.29, 1.82) is 0 Å². The lowest BCUT2D eigenvalue weighted by Gasteiger charge is -2.09. The summed E-state index contributed by atoms with van der Waals surface area (Å²) in [6, 6.07) is 13.8. The van der Waals surface area contributed by atoms with Crippen molar-refractivity contribution >= 4 is 17.4 Å². The van der Waals surface area contributed by atoms with Crippen molar-refractivity contribution in [1.82, 2.24) is 4.98 Å². The van der Waals surface area contributed by atoms with E-state index < -0.39 is 17.5 Å². The molecule has 2 aromatic carbocycles. The first-order valence-corrected chi connectivity index (χ1v) is 8.64. The SMILES string of the molecule is COc1ccc(CCNc2cc(C(=O)Nc3ccc(F)cc3F)ccn2)cc1. The number of amides is 1. The Balaban J connectivity index is 1.58. The largest absolute Gasteiger partial charge is 0.497 e. The van der Waals surface area contributed by atoms with Gasteiger partial charge in [-0.05, 0) is 48.4 Å². The van der Waals surface area contributed by atoms with Crippen molar-refractivity contribution < 1.29 is 18.3 Å². The highest BCUT2D eigenvalue weighted by atomic mass is 19.1. The van der Waals surface area contributed by atoms with E-state index in [4.69, 9.17) is 4.74 Å². The molecular formula is C21H19F2N3O2. The summed E-state index contributed by atoms with van der Waals surface area (Å²) >= 11 is 0. The predicted octanol–water partition coefficient (Wildman–Crippen LogP) is 4.28. The Morgan fingerprint density at radius 3 is 2.57 bits per heavy atom. The van der Waals surface area contributed by atoms with Crippen molar-refractivity contribution in [2.45, 2.75) is 6.42 Å². The zero-order chi connectivity index (χ0) is 19.9. The second kappa shape index (κ2) is 8.94. The van der Waals surface area contributed by atoms with E-state index in [2.05, 4.69) is 15.6 Å². The molecule has 3 aromatic rings. The number of rotatable bonds is 7. The number of nitrogens with zero attached hydrogens (tertiary/aromatic N) is 1. The van der Waals surface area contributed by atoms with Gasteiger partial charge < -0.3 is 15.4 Å². The van der Waals surface area contributed by atoms with Crippen molar-refractivity contribution in [2.75, 3.05) is 24.3 Å². The lowest BCUT2D eigenvalue weighted by molar-refractivity contribution is 0.102. The van der Waals surface area contributed by atoms with Crippen LogP contribution in [-0.4, -0.2) is 24.5 Å².